The van der Waals surface area contributed by atoms with Gasteiger partial charge in [0.1, 0.15) is 0 Å². The molecule has 2 rings (SSSR count). The summed E-state index contributed by atoms with van der Waals surface area (Å²) in [4.78, 5) is 4.61. The van der Waals surface area contributed by atoms with E-state index in [-0.39, 0.29) is 0 Å². The van der Waals surface area contributed by atoms with Gasteiger partial charge in [0.25, 0.3) is 0 Å². The van der Waals surface area contributed by atoms with Crippen LogP contribution in [-0.4, -0.2) is 38.1 Å². The third kappa shape index (κ3) is 3.45. The SMILES string of the molecule is CN(C)c1cccc(CN2CCCC(N)C2)c1. The Morgan fingerprint density at radius 1 is 1.41 bits per heavy atom. The molecule has 0 spiro atoms. The van der Waals surface area contributed by atoms with E-state index in [1.165, 1.54) is 30.6 Å². The van der Waals surface area contributed by atoms with Gasteiger partial charge in [0.05, 0.1) is 0 Å². The molecule has 1 aliphatic rings. The second-order valence-corrected chi connectivity index (χ2v) is 5.20. The van der Waals surface area contributed by atoms with Crippen molar-refractivity contribution < 1.29 is 0 Å². The summed E-state index contributed by atoms with van der Waals surface area (Å²) < 4.78 is 0. The molecule has 2 N–H and O–H groups in total. The van der Waals surface area contributed by atoms with Crippen LogP contribution in [0.3, 0.4) is 0 Å². The summed E-state index contributed by atoms with van der Waals surface area (Å²) in [6.45, 7) is 3.24. The Hall–Kier alpha value is -1.06. The monoisotopic (exact) mass is 233 g/mol. The molecule has 0 radical (unpaired) electrons. The maximum Gasteiger partial charge on any atom is 0.0364 e. The van der Waals surface area contributed by atoms with Crippen LogP contribution < -0.4 is 10.6 Å². The minimum atomic E-state index is 0.362. The number of piperidine rings is 1. The van der Waals surface area contributed by atoms with Gasteiger partial charge in [0.15, 0.2) is 0 Å². The molecule has 1 heterocycles. The maximum absolute atomic E-state index is 6.01. The topological polar surface area (TPSA) is 32.5 Å². The van der Waals surface area contributed by atoms with Crippen LogP contribution in [0.4, 0.5) is 5.69 Å². The zero-order chi connectivity index (χ0) is 12.3. The van der Waals surface area contributed by atoms with E-state index in [4.69, 9.17) is 5.73 Å². The molecule has 0 aromatic heterocycles. The predicted molar refractivity (Wildman–Crippen MR) is 73.3 cm³/mol. The summed E-state index contributed by atoms with van der Waals surface area (Å²) in [5.74, 6) is 0. The molecule has 1 fully saturated rings. The Labute approximate surface area is 104 Å². The Bertz CT molecular complexity index is 362. The molecule has 1 unspecified atom stereocenters. The van der Waals surface area contributed by atoms with Gasteiger partial charge in [-0.25, -0.2) is 0 Å². The van der Waals surface area contributed by atoms with Crippen LogP contribution in [0.25, 0.3) is 0 Å². The van der Waals surface area contributed by atoms with Crippen molar-refractivity contribution in [2.24, 2.45) is 5.73 Å². The van der Waals surface area contributed by atoms with Crippen LogP contribution in [0.15, 0.2) is 24.3 Å². The van der Waals surface area contributed by atoms with E-state index in [2.05, 4.69) is 48.2 Å². The summed E-state index contributed by atoms with van der Waals surface area (Å²) in [7, 11) is 4.16. The Morgan fingerprint density at radius 2 is 2.24 bits per heavy atom. The normalized spacial score (nSPS) is 21.5. The van der Waals surface area contributed by atoms with E-state index in [1.807, 2.05) is 0 Å². The van der Waals surface area contributed by atoms with Crippen molar-refractivity contribution in [1.82, 2.24) is 4.90 Å². The van der Waals surface area contributed by atoms with Crippen LogP contribution in [0.1, 0.15) is 18.4 Å². The second-order valence-electron chi connectivity index (χ2n) is 5.20. The second kappa shape index (κ2) is 5.52. The molecule has 0 saturated carbocycles. The van der Waals surface area contributed by atoms with E-state index in [1.54, 1.807) is 0 Å². The lowest BCUT2D eigenvalue weighted by atomic mass is 10.1. The minimum Gasteiger partial charge on any atom is -0.378 e. The number of likely N-dealkylation sites (tertiary alicyclic amines) is 1. The molecule has 3 heteroatoms. The summed E-state index contributed by atoms with van der Waals surface area (Å²) in [5, 5.41) is 0. The number of nitrogens with zero attached hydrogens (tertiary/aromatic N) is 2. The number of nitrogens with two attached hydrogens (primary N) is 1. The molecule has 1 aromatic rings. The van der Waals surface area contributed by atoms with Crippen molar-refractivity contribution in [3.05, 3.63) is 29.8 Å². The van der Waals surface area contributed by atoms with Gasteiger partial charge < -0.3 is 10.6 Å². The molecule has 94 valence electrons. The Balaban J connectivity index is 2.00. The quantitative estimate of drug-likeness (QED) is 0.862. The summed E-state index contributed by atoms with van der Waals surface area (Å²) >= 11 is 0. The lowest BCUT2D eigenvalue weighted by molar-refractivity contribution is 0.201. The van der Waals surface area contributed by atoms with Gasteiger partial charge in [0.2, 0.25) is 0 Å². The average Bonchev–Trinajstić information content (AvgIpc) is 2.29. The number of anilines is 1. The first-order chi connectivity index (χ1) is 8.15. The van der Waals surface area contributed by atoms with E-state index in [0.717, 1.165) is 13.1 Å². The van der Waals surface area contributed by atoms with Crippen molar-refractivity contribution in [2.75, 3.05) is 32.1 Å². The van der Waals surface area contributed by atoms with Crippen LogP contribution in [0, 0.1) is 0 Å². The molecule has 1 aliphatic heterocycles. The van der Waals surface area contributed by atoms with E-state index >= 15 is 0 Å². The molecule has 0 aliphatic carbocycles. The van der Waals surface area contributed by atoms with E-state index in [9.17, 15) is 0 Å². The number of benzene rings is 1. The van der Waals surface area contributed by atoms with Gasteiger partial charge in [-0.05, 0) is 37.1 Å². The zero-order valence-corrected chi connectivity index (χ0v) is 10.9. The number of hydrogen-bond donors (Lipinski definition) is 1. The van der Waals surface area contributed by atoms with Crippen molar-refractivity contribution in [3.63, 3.8) is 0 Å². The highest BCUT2D eigenvalue weighted by atomic mass is 15.1. The largest absolute Gasteiger partial charge is 0.378 e. The standard InChI is InChI=1S/C14H23N3/c1-16(2)14-7-3-5-12(9-14)10-17-8-4-6-13(15)11-17/h3,5,7,9,13H,4,6,8,10-11,15H2,1-2H3. The molecule has 1 saturated heterocycles. The summed E-state index contributed by atoms with van der Waals surface area (Å²) in [5.41, 5.74) is 8.65. The molecule has 0 bridgehead atoms. The Kier molecular flexibility index (Phi) is 4.02. The van der Waals surface area contributed by atoms with Crippen LogP contribution >= 0.6 is 0 Å². The van der Waals surface area contributed by atoms with Crippen molar-refractivity contribution >= 4 is 5.69 Å². The first-order valence-corrected chi connectivity index (χ1v) is 6.39. The average molecular weight is 233 g/mol. The highest BCUT2D eigenvalue weighted by Gasteiger charge is 2.16. The van der Waals surface area contributed by atoms with Gasteiger partial charge in [-0.15, -0.1) is 0 Å². The molecule has 0 amide bonds. The highest BCUT2D eigenvalue weighted by molar-refractivity contribution is 5.47. The lowest BCUT2D eigenvalue weighted by Crippen LogP contribution is -2.42. The Morgan fingerprint density at radius 3 is 2.94 bits per heavy atom. The molecule has 3 nitrogen and oxygen atoms in total. The van der Waals surface area contributed by atoms with Gasteiger partial charge in [-0.2, -0.15) is 0 Å². The molecular weight excluding hydrogens is 210 g/mol. The lowest BCUT2D eigenvalue weighted by Gasteiger charge is -2.30. The minimum absolute atomic E-state index is 0.362. The summed E-state index contributed by atoms with van der Waals surface area (Å²) in [6, 6.07) is 9.11. The first-order valence-electron chi connectivity index (χ1n) is 6.39. The summed E-state index contributed by atoms with van der Waals surface area (Å²) in [6.07, 6.45) is 2.41. The molecule has 17 heavy (non-hydrogen) atoms. The van der Waals surface area contributed by atoms with Gasteiger partial charge >= 0.3 is 0 Å². The third-order valence-corrected chi connectivity index (χ3v) is 3.38. The smallest absolute Gasteiger partial charge is 0.0364 e. The first kappa shape index (κ1) is 12.4. The zero-order valence-electron chi connectivity index (χ0n) is 10.9. The van der Waals surface area contributed by atoms with Gasteiger partial charge in [-0.1, -0.05) is 12.1 Å². The number of rotatable bonds is 3. The van der Waals surface area contributed by atoms with Crippen LogP contribution in [0.2, 0.25) is 0 Å². The predicted octanol–water partition coefficient (Wildman–Crippen LogP) is 1.68. The molecule has 1 aromatic carbocycles. The van der Waals surface area contributed by atoms with E-state index in [0.29, 0.717) is 6.04 Å². The molecular formula is C14H23N3. The van der Waals surface area contributed by atoms with Gasteiger partial charge in [-0.3, -0.25) is 4.90 Å². The van der Waals surface area contributed by atoms with Crippen molar-refractivity contribution in [3.8, 4) is 0 Å². The molecule has 1 atom stereocenters. The third-order valence-electron chi connectivity index (χ3n) is 3.38. The van der Waals surface area contributed by atoms with Crippen LogP contribution in [0.5, 0.6) is 0 Å². The highest BCUT2D eigenvalue weighted by Crippen LogP contribution is 2.17. The maximum atomic E-state index is 6.01. The fourth-order valence-electron chi connectivity index (χ4n) is 2.43. The van der Waals surface area contributed by atoms with E-state index < -0.39 is 0 Å². The van der Waals surface area contributed by atoms with Crippen molar-refractivity contribution in [1.29, 1.82) is 0 Å². The van der Waals surface area contributed by atoms with Gasteiger partial charge in [0, 0.05) is 38.9 Å². The fraction of sp³-hybridized carbons (Fsp3) is 0.571. The van der Waals surface area contributed by atoms with Crippen molar-refractivity contribution in [2.45, 2.75) is 25.4 Å². The fourth-order valence-corrected chi connectivity index (χ4v) is 2.43. The number of hydrogen-bond acceptors (Lipinski definition) is 3. The van der Waals surface area contributed by atoms with Crippen LogP contribution in [-0.2, 0) is 6.54 Å².